The Kier molecular flexibility index (Phi) is 8.79. The summed E-state index contributed by atoms with van der Waals surface area (Å²) < 4.78 is 24.8. The number of hydrogen-bond donors (Lipinski definition) is 1. The van der Waals surface area contributed by atoms with E-state index in [-0.39, 0.29) is 24.8 Å². The second-order valence-corrected chi connectivity index (χ2v) is 6.26. The van der Waals surface area contributed by atoms with Crippen LogP contribution in [0.1, 0.15) is 16.7 Å². The van der Waals surface area contributed by atoms with Gasteiger partial charge < -0.3 is 14.8 Å². The number of rotatable bonds is 9. The van der Waals surface area contributed by atoms with Crippen molar-refractivity contribution in [3.63, 3.8) is 0 Å². The maximum absolute atomic E-state index is 13.8. The van der Waals surface area contributed by atoms with E-state index in [1.54, 1.807) is 19.2 Å². The fourth-order valence-electron chi connectivity index (χ4n) is 2.81. The molecule has 0 unspecified atom stereocenters. The molecule has 28 heavy (non-hydrogen) atoms. The molecule has 0 saturated carbocycles. The van der Waals surface area contributed by atoms with E-state index in [0.717, 1.165) is 30.0 Å². The van der Waals surface area contributed by atoms with Gasteiger partial charge in [0, 0.05) is 17.7 Å². The molecule has 0 amide bonds. The second kappa shape index (κ2) is 11.3. The van der Waals surface area contributed by atoms with Gasteiger partial charge >= 0.3 is 0 Å². The molecule has 0 aliphatic rings. The van der Waals surface area contributed by atoms with E-state index in [1.165, 1.54) is 11.6 Å². The first kappa shape index (κ1) is 21.7. The molecule has 5 heteroatoms. The van der Waals surface area contributed by atoms with Crippen molar-refractivity contribution in [2.75, 3.05) is 13.7 Å². The number of nitrogens with one attached hydrogen (secondary N) is 1. The Morgan fingerprint density at radius 2 is 1.54 bits per heavy atom. The Hall–Kier alpha value is -2.56. The predicted molar refractivity (Wildman–Crippen MR) is 113 cm³/mol. The quantitative estimate of drug-likeness (QED) is 0.502. The normalized spacial score (nSPS) is 10.2. The van der Waals surface area contributed by atoms with E-state index in [4.69, 9.17) is 9.47 Å². The van der Waals surface area contributed by atoms with Crippen molar-refractivity contribution in [2.24, 2.45) is 0 Å². The molecule has 0 aliphatic carbocycles. The minimum atomic E-state index is -0.243. The molecule has 1 N–H and O–H groups in total. The fraction of sp³-hybridized carbons (Fsp3) is 0.217. The van der Waals surface area contributed by atoms with Gasteiger partial charge in [0.05, 0.1) is 7.11 Å². The van der Waals surface area contributed by atoms with Gasteiger partial charge in [-0.15, -0.1) is 12.4 Å². The van der Waals surface area contributed by atoms with Gasteiger partial charge in [-0.2, -0.15) is 0 Å². The minimum absolute atomic E-state index is 0. The molecule has 0 radical (unpaired) electrons. The maximum Gasteiger partial charge on any atom is 0.129 e. The van der Waals surface area contributed by atoms with Gasteiger partial charge in [0.25, 0.3) is 0 Å². The lowest BCUT2D eigenvalue weighted by Gasteiger charge is -2.13. The van der Waals surface area contributed by atoms with Gasteiger partial charge in [0.2, 0.25) is 0 Å². The Bertz CT molecular complexity index is 855. The van der Waals surface area contributed by atoms with Crippen molar-refractivity contribution in [1.82, 2.24) is 5.32 Å². The molecule has 0 heterocycles. The highest BCUT2D eigenvalue weighted by molar-refractivity contribution is 5.85. The summed E-state index contributed by atoms with van der Waals surface area (Å²) in [6.45, 7) is 1.77. The summed E-state index contributed by atoms with van der Waals surface area (Å²) in [4.78, 5) is 0. The standard InChI is InChI=1S/C23H24FNO2.ClH/c1-26-21-12-10-18(11-13-21)14-15-25-16-19-6-3-5-9-23(19)27-17-20-7-2-4-8-22(20)24;/h2-13,25H,14-17H2,1H3;1H. The average molecular weight is 402 g/mol. The molecule has 0 fully saturated rings. The van der Waals surface area contributed by atoms with Gasteiger partial charge in [0.1, 0.15) is 23.9 Å². The third-order valence-electron chi connectivity index (χ3n) is 4.38. The van der Waals surface area contributed by atoms with E-state index in [9.17, 15) is 4.39 Å². The zero-order valence-electron chi connectivity index (χ0n) is 15.9. The molecule has 0 aliphatic heterocycles. The van der Waals surface area contributed by atoms with E-state index >= 15 is 0 Å². The van der Waals surface area contributed by atoms with E-state index < -0.39 is 0 Å². The second-order valence-electron chi connectivity index (χ2n) is 6.26. The molecule has 3 aromatic carbocycles. The molecular weight excluding hydrogens is 377 g/mol. The van der Waals surface area contributed by atoms with Crippen LogP contribution in [0.3, 0.4) is 0 Å². The van der Waals surface area contributed by atoms with Crippen LogP contribution in [-0.2, 0) is 19.6 Å². The van der Waals surface area contributed by atoms with Crippen LogP contribution in [0, 0.1) is 5.82 Å². The Labute approximate surface area is 171 Å². The van der Waals surface area contributed by atoms with Crippen LogP contribution in [-0.4, -0.2) is 13.7 Å². The van der Waals surface area contributed by atoms with Crippen molar-refractivity contribution in [3.8, 4) is 11.5 Å². The molecule has 0 bridgehead atoms. The van der Waals surface area contributed by atoms with Gasteiger partial charge in [-0.1, -0.05) is 48.5 Å². The van der Waals surface area contributed by atoms with E-state index in [2.05, 4.69) is 17.4 Å². The molecule has 3 aromatic rings. The highest BCUT2D eigenvalue weighted by atomic mass is 35.5. The number of benzene rings is 3. The molecule has 148 valence electrons. The number of methoxy groups -OCH3 is 1. The topological polar surface area (TPSA) is 30.5 Å². The first-order valence-corrected chi connectivity index (χ1v) is 9.04. The van der Waals surface area contributed by atoms with Crippen molar-refractivity contribution in [1.29, 1.82) is 0 Å². The van der Waals surface area contributed by atoms with Crippen LogP contribution in [0.15, 0.2) is 72.8 Å². The molecular formula is C23H25ClFNO2. The van der Waals surface area contributed by atoms with Crippen LogP contribution in [0.25, 0.3) is 0 Å². The van der Waals surface area contributed by atoms with Crippen molar-refractivity contribution >= 4 is 12.4 Å². The van der Waals surface area contributed by atoms with Crippen LogP contribution in [0.4, 0.5) is 4.39 Å². The Morgan fingerprint density at radius 1 is 0.857 bits per heavy atom. The van der Waals surface area contributed by atoms with Gasteiger partial charge in [-0.05, 0) is 42.8 Å². The zero-order chi connectivity index (χ0) is 18.9. The third kappa shape index (κ3) is 6.25. The highest BCUT2D eigenvalue weighted by Crippen LogP contribution is 2.20. The van der Waals surface area contributed by atoms with Gasteiger partial charge in [-0.25, -0.2) is 4.39 Å². The first-order valence-electron chi connectivity index (χ1n) is 9.04. The minimum Gasteiger partial charge on any atom is -0.497 e. The molecule has 3 nitrogen and oxygen atoms in total. The number of halogens is 2. The molecule has 0 saturated heterocycles. The van der Waals surface area contributed by atoms with Gasteiger partial charge in [-0.3, -0.25) is 0 Å². The monoisotopic (exact) mass is 401 g/mol. The number of hydrogen-bond acceptors (Lipinski definition) is 3. The molecule has 0 aromatic heterocycles. The largest absolute Gasteiger partial charge is 0.497 e. The SMILES string of the molecule is COc1ccc(CCNCc2ccccc2OCc2ccccc2F)cc1.Cl. The summed E-state index contributed by atoms with van der Waals surface area (Å²) in [6.07, 6.45) is 0.933. The summed E-state index contributed by atoms with van der Waals surface area (Å²) in [6, 6.07) is 22.6. The fourth-order valence-corrected chi connectivity index (χ4v) is 2.81. The van der Waals surface area contributed by atoms with E-state index in [0.29, 0.717) is 12.1 Å². The lowest BCUT2D eigenvalue weighted by molar-refractivity contribution is 0.296. The lowest BCUT2D eigenvalue weighted by atomic mass is 10.1. The first-order chi connectivity index (χ1) is 13.3. The molecule has 3 rings (SSSR count). The highest BCUT2D eigenvalue weighted by Gasteiger charge is 2.06. The van der Waals surface area contributed by atoms with Crippen molar-refractivity contribution in [3.05, 3.63) is 95.3 Å². The third-order valence-corrected chi connectivity index (χ3v) is 4.38. The summed E-state index contributed by atoms with van der Waals surface area (Å²) in [5.74, 6) is 1.40. The maximum atomic E-state index is 13.8. The summed E-state index contributed by atoms with van der Waals surface area (Å²) in [7, 11) is 1.67. The smallest absolute Gasteiger partial charge is 0.129 e. The van der Waals surface area contributed by atoms with Crippen LogP contribution in [0.5, 0.6) is 11.5 Å². The zero-order valence-corrected chi connectivity index (χ0v) is 16.7. The van der Waals surface area contributed by atoms with Crippen LogP contribution in [0.2, 0.25) is 0 Å². The van der Waals surface area contributed by atoms with Gasteiger partial charge in [0.15, 0.2) is 0 Å². The number of para-hydroxylation sites is 1. The summed E-state index contributed by atoms with van der Waals surface area (Å²) >= 11 is 0. The summed E-state index contributed by atoms with van der Waals surface area (Å²) in [5, 5.41) is 3.44. The molecule has 0 spiro atoms. The Morgan fingerprint density at radius 3 is 2.25 bits per heavy atom. The van der Waals surface area contributed by atoms with E-state index in [1.807, 2.05) is 42.5 Å². The summed E-state index contributed by atoms with van der Waals surface area (Å²) in [5.41, 5.74) is 2.87. The number of ether oxygens (including phenoxy) is 2. The Balaban J connectivity index is 0.00000280. The molecule has 0 atom stereocenters. The lowest BCUT2D eigenvalue weighted by Crippen LogP contribution is -2.17. The van der Waals surface area contributed by atoms with Crippen LogP contribution < -0.4 is 14.8 Å². The average Bonchev–Trinajstić information content (AvgIpc) is 2.72. The van der Waals surface area contributed by atoms with Crippen LogP contribution >= 0.6 is 12.4 Å². The van der Waals surface area contributed by atoms with Crippen molar-refractivity contribution in [2.45, 2.75) is 19.6 Å². The van der Waals surface area contributed by atoms with Crippen molar-refractivity contribution < 1.29 is 13.9 Å². The predicted octanol–water partition coefficient (Wildman–Crippen LogP) is 5.17.